The molecule has 0 aromatic heterocycles. The van der Waals surface area contributed by atoms with Crippen LogP contribution in [0.2, 0.25) is 0 Å². The Morgan fingerprint density at radius 1 is 1.16 bits per heavy atom. The molecule has 25 heavy (non-hydrogen) atoms. The lowest BCUT2D eigenvalue weighted by Crippen LogP contribution is -2.43. The van der Waals surface area contributed by atoms with E-state index in [1.165, 1.54) is 4.90 Å². The molecule has 0 aliphatic carbocycles. The van der Waals surface area contributed by atoms with Gasteiger partial charge in [0, 0.05) is 0 Å². The van der Waals surface area contributed by atoms with E-state index in [1.54, 1.807) is 45.0 Å². The van der Waals surface area contributed by atoms with Crippen molar-refractivity contribution in [1.29, 1.82) is 0 Å². The zero-order chi connectivity index (χ0) is 18.6. The summed E-state index contributed by atoms with van der Waals surface area (Å²) in [5.41, 5.74) is 0.290. The highest BCUT2D eigenvalue weighted by Gasteiger charge is 2.60. The van der Waals surface area contributed by atoms with Crippen LogP contribution in [-0.2, 0) is 14.6 Å². The van der Waals surface area contributed by atoms with Crippen molar-refractivity contribution in [2.45, 2.75) is 74.5 Å². The lowest BCUT2D eigenvalue weighted by Gasteiger charge is -2.28. The van der Waals surface area contributed by atoms with E-state index in [1.807, 2.05) is 6.92 Å². The van der Waals surface area contributed by atoms with Gasteiger partial charge >= 0.3 is 6.09 Å². The van der Waals surface area contributed by atoms with Gasteiger partial charge in [-0.3, -0.25) is 4.90 Å². The number of ether oxygens (including phenoxy) is 1. The van der Waals surface area contributed by atoms with Crippen molar-refractivity contribution in [3.63, 3.8) is 0 Å². The van der Waals surface area contributed by atoms with Crippen LogP contribution < -0.4 is 0 Å². The maximum atomic E-state index is 13.1. The third-order valence-electron chi connectivity index (χ3n) is 4.89. The number of benzene rings is 1. The maximum absolute atomic E-state index is 13.1. The van der Waals surface area contributed by atoms with E-state index >= 15 is 0 Å². The van der Waals surface area contributed by atoms with E-state index in [0.717, 1.165) is 5.56 Å². The molecule has 0 spiro atoms. The van der Waals surface area contributed by atoms with E-state index in [0.29, 0.717) is 12.8 Å². The minimum Gasteiger partial charge on any atom is -0.444 e. The Hall–Kier alpha value is -1.60. The number of rotatable bonds is 2. The number of nitrogens with zero attached hydrogens (tertiary/aromatic N) is 1. The van der Waals surface area contributed by atoms with Crippen LogP contribution >= 0.6 is 0 Å². The number of fused-ring (bicyclic) bond motifs is 2. The molecular weight excluding hydrogens is 342 g/mol. The first-order valence-corrected chi connectivity index (χ1v) is 10.1. The molecular formula is C18H25NO5S. The summed E-state index contributed by atoms with van der Waals surface area (Å²) in [6.45, 7) is 7.17. The summed E-state index contributed by atoms with van der Waals surface area (Å²) in [6, 6.07) is 5.52. The van der Waals surface area contributed by atoms with Gasteiger partial charge in [0.05, 0.1) is 23.1 Å². The van der Waals surface area contributed by atoms with Gasteiger partial charge in [-0.1, -0.05) is 17.7 Å². The molecule has 6 nitrogen and oxygen atoms in total. The summed E-state index contributed by atoms with van der Waals surface area (Å²) in [6.07, 6.45) is -0.514. The Bertz CT molecular complexity index is 766. The van der Waals surface area contributed by atoms with E-state index in [4.69, 9.17) is 4.74 Å². The average molecular weight is 367 g/mol. The molecule has 1 amide bonds. The first-order chi connectivity index (χ1) is 11.5. The molecule has 1 aromatic carbocycles. The molecule has 2 aliphatic heterocycles. The highest BCUT2D eigenvalue weighted by Crippen LogP contribution is 2.43. The van der Waals surface area contributed by atoms with Crippen LogP contribution in [0.1, 0.15) is 39.2 Å². The Morgan fingerprint density at radius 3 is 2.28 bits per heavy atom. The molecule has 1 N–H and O–H groups in total. The zero-order valence-corrected chi connectivity index (χ0v) is 15.8. The van der Waals surface area contributed by atoms with Crippen LogP contribution in [0, 0.1) is 6.92 Å². The summed E-state index contributed by atoms with van der Waals surface area (Å²) in [5, 5.41) is 9.61. The van der Waals surface area contributed by atoms with Crippen LogP contribution in [0.5, 0.6) is 0 Å². The fourth-order valence-electron chi connectivity index (χ4n) is 3.83. The Morgan fingerprint density at radius 2 is 1.72 bits per heavy atom. The fraction of sp³-hybridized carbons (Fsp3) is 0.611. The molecule has 2 fully saturated rings. The van der Waals surface area contributed by atoms with Gasteiger partial charge < -0.3 is 9.84 Å². The molecule has 7 heteroatoms. The number of amides is 1. The predicted octanol–water partition coefficient (Wildman–Crippen LogP) is 2.28. The van der Waals surface area contributed by atoms with Crippen LogP contribution in [0.15, 0.2) is 29.2 Å². The first-order valence-electron chi connectivity index (χ1n) is 8.52. The monoisotopic (exact) mass is 367 g/mol. The fourth-order valence-corrected chi connectivity index (χ4v) is 5.89. The number of aryl methyl sites for hydroxylation is 1. The number of hydrogen-bond donors (Lipinski definition) is 1. The number of hydrogen-bond acceptors (Lipinski definition) is 5. The number of aliphatic hydroxyl groups excluding tert-OH is 1. The number of carbonyl (C=O) groups is 1. The van der Waals surface area contributed by atoms with E-state index in [-0.39, 0.29) is 4.90 Å². The van der Waals surface area contributed by atoms with Gasteiger partial charge in [-0.25, -0.2) is 13.2 Å². The van der Waals surface area contributed by atoms with Gasteiger partial charge in [0.1, 0.15) is 10.9 Å². The Labute approximate surface area is 148 Å². The second kappa shape index (κ2) is 5.99. The average Bonchev–Trinajstić information content (AvgIpc) is 3.01. The highest BCUT2D eigenvalue weighted by atomic mass is 32.2. The van der Waals surface area contributed by atoms with Crippen molar-refractivity contribution in [3.8, 4) is 0 Å². The van der Waals surface area contributed by atoms with Gasteiger partial charge in [-0.05, 0) is 52.7 Å². The summed E-state index contributed by atoms with van der Waals surface area (Å²) >= 11 is 0. The third kappa shape index (κ3) is 3.15. The maximum Gasteiger partial charge on any atom is 0.410 e. The first kappa shape index (κ1) is 18.2. The molecule has 2 saturated heterocycles. The van der Waals surface area contributed by atoms with Crippen molar-refractivity contribution in [1.82, 2.24) is 4.90 Å². The second-order valence-electron chi connectivity index (χ2n) is 7.91. The number of carbonyl (C=O) groups excluding carboxylic acids is 1. The smallest absolute Gasteiger partial charge is 0.410 e. The quantitative estimate of drug-likeness (QED) is 0.867. The second-order valence-corrected chi connectivity index (χ2v) is 10.0. The molecule has 2 heterocycles. The van der Waals surface area contributed by atoms with Crippen LogP contribution in [0.25, 0.3) is 0 Å². The van der Waals surface area contributed by atoms with Gasteiger partial charge in [-0.15, -0.1) is 0 Å². The third-order valence-corrected chi connectivity index (χ3v) is 7.13. The van der Waals surface area contributed by atoms with Crippen molar-refractivity contribution in [3.05, 3.63) is 29.8 Å². The molecule has 3 rings (SSSR count). The number of sulfone groups is 1. The summed E-state index contributed by atoms with van der Waals surface area (Å²) < 4.78 is 31.5. The lowest BCUT2D eigenvalue weighted by molar-refractivity contribution is 0.0170. The Balaban J connectivity index is 1.91. The minimum absolute atomic E-state index is 0.179. The minimum atomic E-state index is -3.75. The SMILES string of the molecule is Cc1ccc(S(=O)(=O)C2C(O)C3CCC2N3C(=O)OC(C)(C)C)cc1. The molecule has 0 radical (unpaired) electrons. The van der Waals surface area contributed by atoms with Gasteiger partial charge in [0.25, 0.3) is 0 Å². The standard InChI is InChI=1S/C18H25NO5S/c1-11-5-7-12(8-6-11)25(22,23)16-14-10-9-13(15(16)20)19(14)17(21)24-18(2,3)4/h5-8,13-16,20H,9-10H2,1-4H3. The van der Waals surface area contributed by atoms with Crippen LogP contribution in [0.4, 0.5) is 4.79 Å². The van der Waals surface area contributed by atoms with Gasteiger partial charge in [-0.2, -0.15) is 0 Å². The normalized spacial score (nSPS) is 29.1. The Kier molecular flexibility index (Phi) is 4.36. The summed E-state index contributed by atoms with van der Waals surface area (Å²) in [7, 11) is -3.75. The molecule has 138 valence electrons. The molecule has 4 unspecified atom stereocenters. The van der Waals surface area contributed by atoms with Crippen molar-refractivity contribution >= 4 is 15.9 Å². The van der Waals surface area contributed by atoms with E-state index < -0.39 is 45.0 Å². The lowest BCUT2D eigenvalue weighted by atomic mass is 9.97. The van der Waals surface area contributed by atoms with E-state index in [9.17, 15) is 18.3 Å². The molecule has 1 aromatic rings. The summed E-state index contributed by atoms with van der Waals surface area (Å²) in [5.74, 6) is 0. The summed E-state index contributed by atoms with van der Waals surface area (Å²) in [4.78, 5) is 14.1. The van der Waals surface area contributed by atoms with Gasteiger partial charge in [0.2, 0.25) is 0 Å². The van der Waals surface area contributed by atoms with Crippen molar-refractivity contribution < 1.29 is 23.1 Å². The zero-order valence-electron chi connectivity index (χ0n) is 15.0. The predicted molar refractivity (Wildman–Crippen MR) is 93.0 cm³/mol. The highest BCUT2D eigenvalue weighted by molar-refractivity contribution is 7.92. The topological polar surface area (TPSA) is 83.9 Å². The molecule has 2 aliphatic rings. The van der Waals surface area contributed by atoms with Crippen LogP contribution in [-0.4, -0.2) is 53.6 Å². The van der Waals surface area contributed by atoms with Crippen LogP contribution in [0.3, 0.4) is 0 Å². The van der Waals surface area contributed by atoms with E-state index in [2.05, 4.69) is 0 Å². The number of aliphatic hydroxyl groups is 1. The van der Waals surface area contributed by atoms with Crippen molar-refractivity contribution in [2.24, 2.45) is 0 Å². The molecule has 4 atom stereocenters. The largest absolute Gasteiger partial charge is 0.444 e. The molecule has 0 saturated carbocycles. The molecule has 2 bridgehead atoms. The van der Waals surface area contributed by atoms with Gasteiger partial charge in [0.15, 0.2) is 9.84 Å². The van der Waals surface area contributed by atoms with Crippen molar-refractivity contribution in [2.75, 3.05) is 0 Å².